The Morgan fingerprint density at radius 1 is 1.00 bits per heavy atom. The lowest BCUT2D eigenvalue weighted by Gasteiger charge is -2.07. The Morgan fingerprint density at radius 2 is 1.86 bits per heavy atom. The van der Waals surface area contributed by atoms with Gasteiger partial charge in [0, 0.05) is 28.7 Å². The van der Waals surface area contributed by atoms with Gasteiger partial charge in [-0.1, -0.05) is 17.7 Å². The minimum atomic E-state index is 0.586. The second-order valence-corrected chi connectivity index (χ2v) is 4.87. The third-order valence-electron chi connectivity index (χ3n) is 2.79. The normalized spacial score (nSPS) is 10.3. The lowest BCUT2D eigenvalue weighted by atomic mass is 10.2. The molecular formula is C15H12ClN5. The number of nitrogen functional groups attached to an aromatic ring is 1. The quantitative estimate of drug-likeness (QED) is 0.773. The Labute approximate surface area is 126 Å². The van der Waals surface area contributed by atoms with E-state index >= 15 is 0 Å². The van der Waals surface area contributed by atoms with Crippen molar-refractivity contribution in [3.63, 3.8) is 0 Å². The van der Waals surface area contributed by atoms with E-state index in [1.54, 1.807) is 30.9 Å². The van der Waals surface area contributed by atoms with Crippen LogP contribution in [0.4, 0.5) is 17.2 Å². The number of hydrogen-bond acceptors (Lipinski definition) is 5. The van der Waals surface area contributed by atoms with Gasteiger partial charge in [-0.05, 0) is 24.3 Å². The van der Waals surface area contributed by atoms with Gasteiger partial charge in [0.2, 0.25) is 0 Å². The molecule has 0 aliphatic heterocycles. The summed E-state index contributed by atoms with van der Waals surface area (Å²) in [6.07, 6.45) is 6.60. The number of pyridine rings is 1. The van der Waals surface area contributed by atoms with Crippen LogP contribution >= 0.6 is 11.6 Å². The van der Waals surface area contributed by atoms with Crippen molar-refractivity contribution in [2.75, 3.05) is 11.1 Å². The predicted molar refractivity (Wildman–Crippen MR) is 84.4 cm³/mol. The Hall–Kier alpha value is -2.66. The molecule has 21 heavy (non-hydrogen) atoms. The van der Waals surface area contributed by atoms with E-state index in [0.717, 1.165) is 11.3 Å². The first-order chi connectivity index (χ1) is 10.2. The Bertz CT molecular complexity index is 775. The van der Waals surface area contributed by atoms with Crippen molar-refractivity contribution in [2.45, 2.75) is 0 Å². The lowest BCUT2D eigenvalue weighted by Crippen LogP contribution is -1.97. The van der Waals surface area contributed by atoms with Crippen LogP contribution in [0.3, 0.4) is 0 Å². The summed E-state index contributed by atoms with van der Waals surface area (Å²) in [6, 6.07) is 9.21. The average Bonchev–Trinajstić information content (AvgIpc) is 2.47. The predicted octanol–water partition coefficient (Wildman–Crippen LogP) is 3.52. The Morgan fingerprint density at radius 3 is 2.67 bits per heavy atom. The van der Waals surface area contributed by atoms with Gasteiger partial charge < -0.3 is 11.1 Å². The highest BCUT2D eigenvalue weighted by Crippen LogP contribution is 2.22. The molecule has 0 bridgehead atoms. The highest BCUT2D eigenvalue weighted by atomic mass is 35.5. The van der Waals surface area contributed by atoms with Crippen molar-refractivity contribution in [3.05, 3.63) is 60.1 Å². The van der Waals surface area contributed by atoms with Gasteiger partial charge in [0.05, 0.1) is 23.8 Å². The molecule has 1 aromatic carbocycles. The number of benzene rings is 1. The number of aromatic nitrogens is 3. The van der Waals surface area contributed by atoms with Gasteiger partial charge in [-0.25, -0.2) is 4.98 Å². The minimum Gasteiger partial charge on any atom is -0.397 e. The Kier molecular flexibility index (Phi) is 3.66. The molecule has 0 saturated carbocycles. The molecule has 3 rings (SSSR count). The number of rotatable bonds is 3. The molecule has 0 amide bonds. The molecule has 0 atom stereocenters. The molecule has 0 fully saturated rings. The molecule has 104 valence electrons. The van der Waals surface area contributed by atoms with Gasteiger partial charge in [-0.2, -0.15) is 0 Å². The highest BCUT2D eigenvalue weighted by Gasteiger charge is 2.04. The summed E-state index contributed by atoms with van der Waals surface area (Å²) in [4.78, 5) is 12.7. The van der Waals surface area contributed by atoms with Crippen molar-refractivity contribution in [3.8, 4) is 11.3 Å². The van der Waals surface area contributed by atoms with Crippen LogP contribution in [0.2, 0.25) is 5.02 Å². The number of nitrogens with one attached hydrogen (secondary N) is 1. The molecule has 5 nitrogen and oxygen atoms in total. The zero-order chi connectivity index (χ0) is 14.7. The molecule has 0 unspecified atom stereocenters. The number of anilines is 3. The van der Waals surface area contributed by atoms with E-state index in [9.17, 15) is 0 Å². The van der Waals surface area contributed by atoms with Gasteiger partial charge in [0.15, 0.2) is 0 Å². The third-order valence-corrected chi connectivity index (χ3v) is 3.02. The number of nitrogens with zero attached hydrogens (tertiary/aromatic N) is 3. The fourth-order valence-corrected chi connectivity index (χ4v) is 2.07. The average molecular weight is 298 g/mol. The molecule has 0 aliphatic rings. The summed E-state index contributed by atoms with van der Waals surface area (Å²) in [6.45, 7) is 0. The maximum atomic E-state index is 5.96. The third kappa shape index (κ3) is 3.27. The smallest absolute Gasteiger partial charge is 0.149 e. The van der Waals surface area contributed by atoms with Gasteiger partial charge in [-0.15, -0.1) is 0 Å². The summed E-state index contributed by atoms with van der Waals surface area (Å²) in [7, 11) is 0. The largest absolute Gasteiger partial charge is 0.397 e. The van der Waals surface area contributed by atoms with E-state index in [4.69, 9.17) is 17.3 Å². The van der Waals surface area contributed by atoms with Gasteiger partial charge in [0.1, 0.15) is 5.82 Å². The van der Waals surface area contributed by atoms with E-state index in [-0.39, 0.29) is 0 Å². The molecule has 3 N–H and O–H groups in total. The second-order valence-electron chi connectivity index (χ2n) is 4.43. The molecule has 2 aromatic heterocycles. The number of nitrogens with two attached hydrogens (primary N) is 1. The first kappa shape index (κ1) is 13.3. The van der Waals surface area contributed by atoms with E-state index in [1.165, 1.54) is 0 Å². The molecule has 0 saturated heterocycles. The molecular weight excluding hydrogens is 286 g/mol. The topological polar surface area (TPSA) is 76.7 Å². The zero-order valence-corrected chi connectivity index (χ0v) is 11.7. The SMILES string of the molecule is Nc1cncc(-c2cncc(Nc3cccc(Cl)c3)n2)c1. The summed E-state index contributed by atoms with van der Waals surface area (Å²) >= 11 is 5.96. The van der Waals surface area contributed by atoms with Crippen LogP contribution in [0.1, 0.15) is 0 Å². The minimum absolute atomic E-state index is 0.586. The molecule has 2 heterocycles. The second kappa shape index (κ2) is 5.76. The fourth-order valence-electron chi connectivity index (χ4n) is 1.88. The summed E-state index contributed by atoms with van der Waals surface area (Å²) in [5.41, 5.74) is 8.68. The zero-order valence-electron chi connectivity index (χ0n) is 11.0. The van der Waals surface area contributed by atoms with E-state index < -0.39 is 0 Å². The van der Waals surface area contributed by atoms with Crippen LogP contribution in [0.15, 0.2) is 55.1 Å². The van der Waals surface area contributed by atoms with E-state index in [2.05, 4.69) is 20.3 Å². The van der Waals surface area contributed by atoms with Crippen molar-refractivity contribution >= 4 is 28.8 Å². The van der Waals surface area contributed by atoms with Crippen LogP contribution in [-0.2, 0) is 0 Å². The Balaban J connectivity index is 1.90. The van der Waals surface area contributed by atoms with Crippen molar-refractivity contribution < 1.29 is 0 Å². The lowest BCUT2D eigenvalue weighted by molar-refractivity contribution is 1.19. The van der Waals surface area contributed by atoms with Gasteiger partial charge >= 0.3 is 0 Å². The van der Waals surface area contributed by atoms with Crippen LogP contribution in [0.25, 0.3) is 11.3 Å². The van der Waals surface area contributed by atoms with Crippen LogP contribution < -0.4 is 11.1 Å². The fraction of sp³-hybridized carbons (Fsp3) is 0. The first-order valence-corrected chi connectivity index (χ1v) is 6.64. The molecule has 0 spiro atoms. The molecule has 3 aromatic rings. The molecule has 6 heteroatoms. The standard InChI is InChI=1S/C15H12ClN5/c16-11-2-1-3-13(5-11)20-15-9-19-8-14(21-15)10-4-12(17)7-18-6-10/h1-9H,17H2,(H,20,21). The monoisotopic (exact) mass is 297 g/mol. The number of halogens is 1. The maximum Gasteiger partial charge on any atom is 0.149 e. The van der Waals surface area contributed by atoms with E-state index in [1.807, 2.05) is 24.3 Å². The summed E-state index contributed by atoms with van der Waals surface area (Å²) in [5, 5.41) is 3.82. The van der Waals surface area contributed by atoms with Crippen LogP contribution in [-0.4, -0.2) is 15.0 Å². The summed E-state index contributed by atoms with van der Waals surface area (Å²) in [5.74, 6) is 0.622. The first-order valence-electron chi connectivity index (χ1n) is 6.26. The molecule has 0 aliphatic carbocycles. The highest BCUT2D eigenvalue weighted by molar-refractivity contribution is 6.30. The van der Waals surface area contributed by atoms with E-state index in [0.29, 0.717) is 22.2 Å². The van der Waals surface area contributed by atoms with Gasteiger partial charge in [0.25, 0.3) is 0 Å². The molecule has 0 radical (unpaired) electrons. The van der Waals surface area contributed by atoms with Crippen LogP contribution in [0.5, 0.6) is 0 Å². The van der Waals surface area contributed by atoms with Crippen molar-refractivity contribution in [2.24, 2.45) is 0 Å². The van der Waals surface area contributed by atoms with Crippen LogP contribution in [0, 0.1) is 0 Å². The van der Waals surface area contributed by atoms with Crippen molar-refractivity contribution in [1.29, 1.82) is 0 Å². The van der Waals surface area contributed by atoms with Crippen molar-refractivity contribution in [1.82, 2.24) is 15.0 Å². The van der Waals surface area contributed by atoms with Gasteiger partial charge in [-0.3, -0.25) is 9.97 Å². The number of hydrogen-bond donors (Lipinski definition) is 2. The maximum absolute atomic E-state index is 5.96. The summed E-state index contributed by atoms with van der Waals surface area (Å²) < 4.78 is 0.